The number of esters is 1. The summed E-state index contributed by atoms with van der Waals surface area (Å²) in [6.45, 7) is 1.96. The van der Waals surface area contributed by atoms with Gasteiger partial charge in [-0.05, 0) is 77.6 Å². The molecule has 3 unspecified atom stereocenters. The monoisotopic (exact) mass is 504 g/mol. The predicted molar refractivity (Wildman–Crippen MR) is 139 cm³/mol. The fraction of sp³-hybridized carbons (Fsp3) is 0.387. The average molecular weight is 505 g/mol. The van der Waals surface area contributed by atoms with Crippen LogP contribution >= 0.6 is 0 Å². The number of hydrogen-bond donors (Lipinski definition) is 0. The van der Waals surface area contributed by atoms with Crippen molar-refractivity contribution in [3.63, 3.8) is 0 Å². The van der Waals surface area contributed by atoms with Crippen LogP contribution in [0.15, 0.2) is 60.7 Å². The lowest BCUT2D eigenvalue weighted by atomic mass is 9.81. The highest BCUT2D eigenvalue weighted by Crippen LogP contribution is 2.48. The maximum absolute atomic E-state index is 14.5. The summed E-state index contributed by atoms with van der Waals surface area (Å²) in [4.78, 5) is 12.4. The molecule has 0 spiro atoms. The van der Waals surface area contributed by atoms with Gasteiger partial charge in [-0.15, -0.1) is 0 Å². The summed E-state index contributed by atoms with van der Waals surface area (Å²) >= 11 is 0. The fourth-order valence-corrected chi connectivity index (χ4v) is 5.63. The fourth-order valence-electron chi connectivity index (χ4n) is 5.63. The van der Waals surface area contributed by atoms with Gasteiger partial charge in [0.2, 0.25) is 6.29 Å². The molecule has 0 N–H and O–H groups in total. The first kappa shape index (κ1) is 25.3. The van der Waals surface area contributed by atoms with Crippen LogP contribution in [0.3, 0.4) is 0 Å². The molecule has 194 valence electrons. The number of rotatable bonds is 8. The normalized spacial score (nSPS) is 20.4. The molecule has 3 aromatic carbocycles. The van der Waals surface area contributed by atoms with Gasteiger partial charge in [0.05, 0.1) is 26.1 Å². The third-order valence-corrected chi connectivity index (χ3v) is 7.78. The average Bonchev–Trinajstić information content (AvgIpc) is 3.77. The molecule has 1 heterocycles. The van der Waals surface area contributed by atoms with Gasteiger partial charge < -0.3 is 18.9 Å². The molecule has 6 heteroatoms. The smallest absolute Gasteiger partial charge is 0.309 e. The molecular formula is C31H33FO5. The van der Waals surface area contributed by atoms with Crippen LogP contribution in [-0.2, 0) is 20.7 Å². The van der Waals surface area contributed by atoms with Crippen LogP contribution in [0.5, 0.6) is 11.5 Å². The molecule has 37 heavy (non-hydrogen) atoms. The lowest BCUT2D eigenvalue weighted by molar-refractivity contribution is -0.145. The Labute approximate surface area is 217 Å². The van der Waals surface area contributed by atoms with Crippen LogP contribution in [-0.4, -0.2) is 33.6 Å². The standard InChI is InChI=1S/C31H33FO5/c1-18(30(33)35-3)29(21-9-10-21)22-11-14-28-23(15-22)16-26(31(36-4)37-28)20-7-5-19(6-8-20)25-17-24(34-2)12-13-27(25)32/h5-8,11-15,17-18,21,26,29,31H,9-10,16H2,1-4H3/t18-,26?,29?,31?/m0/s1. The minimum Gasteiger partial charge on any atom is -0.497 e. The summed E-state index contributed by atoms with van der Waals surface area (Å²) < 4.78 is 36.8. The van der Waals surface area contributed by atoms with E-state index in [1.807, 2.05) is 37.3 Å². The van der Waals surface area contributed by atoms with Gasteiger partial charge in [0.15, 0.2) is 0 Å². The van der Waals surface area contributed by atoms with Crippen molar-refractivity contribution in [2.75, 3.05) is 21.3 Å². The van der Waals surface area contributed by atoms with Gasteiger partial charge in [-0.25, -0.2) is 4.39 Å². The van der Waals surface area contributed by atoms with Gasteiger partial charge in [0.1, 0.15) is 17.3 Å². The van der Waals surface area contributed by atoms with Crippen LogP contribution in [0, 0.1) is 17.7 Å². The number of carbonyl (C=O) groups is 1. The van der Waals surface area contributed by atoms with Crippen molar-refractivity contribution in [2.45, 2.75) is 44.3 Å². The Kier molecular flexibility index (Phi) is 7.20. The van der Waals surface area contributed by atoms with Crippen molar-refractivity contribution in [1.82, 2.24) is 0 Å². The molecule has 2 aliphatic rings. The zero-order valence-corrected chi connectivity index (χ0v) is 21.7. The molecule has 3 aromatic rings. The van der Waals surface area contributed by atoms with Crippen LogP contribution < -0.4 is 9.47 Å². The highest BCUT2D eigenvalue weighted by molar-refractivity contribution is 5.73. The third kappa shape index (κ3) is 5.08. The van der Waals surface area contributed by atoms with Crippen LogP contribution in [0.1, 0.15) is 48.3 Å². The van der Waals surface area contributed by atoms with Crippen molar-refractivity contribution in [3.05, 3.63) is 83.2 Å². The number of carbonyl (C=O) groups excluding carboxylic acids is 1. The van der Waals surface area contributed by atoms with Gasteiger partial charge in [0.25, 0.3) is 0 Å². The largest absolute Gasteiger partial charge is 0.497 e. The maximum atomic E-state index is 14.5. The van der Waals surface area contributed by atoms with E-state index in [-0.39, 0.29) is 29.5 Å². The molecule has 5 rings (SSSR count). The number of methoxy groups -OCH3 is 3. The molecule has 4 atom stereocenters. The lowest BCUT2D eigenvalue weighted by Crippen LogP contribution is -2.33. The topological polar surface area (TPSA) is 54.0 Å². The van der Waals surface area contributed by atoms with Crippen molar-refractivity contribution < 1.29 is 28.1 Å². The van der Waals surface area contributed by atoms with E-state index in [2.05, 4.69) is 12.1 Å². The predicted octanol–water partition coefficient (Wildman–Crippen LogP) is 6.50. The minimum atomic E-state index is -0.439. The van der Waals surface area contributed by atoms with Gasteiger partial charge >= 0.3 is 5.97 Å². The Morgan fingerprint density at radius 3 is 2.41 bits per heavy atom. The molecule has 0 aromatic heterocycles. The summed E-state index contributed by atoms with van der Waals surface area (Å²) in [6, 6.07) is 18.9. The number of fused-ring (bicyclic) bond motifs is 1. The second-order valence-electron chi connectivity index (χ2n) is 10.0. The van der Waals surface area contributed by atoms with Gasteiger partial charge in [-0.1, -0.05) is 43.3 Å². The zero-order chi connectivity index (χ0) is 26.1. The molecular weight excluding hydrogens is 471 g/mol. The molecule has 5 nitrogen and oxygen atoms in total. The maximum Gasteiger partial charge on any atom is 0.309 e. The quantitative estimate of drug-likeness (QED) is 0.328. The Bertz CT molecular complexity index is 1270. The van der Waals surface area contributed by atoms with E-state index in [1.165, 1.54) is 13.2 Å². The van der Waals surface area contributed by atoms with E-state index in [9.17, 15) is 9.18 Å². The number of hydrogen-bond acceptors (Lipinski definition) is 5. The number of benzene rings is 3. The molecule has 0 saturated heterocycles. The molecule has 0 amide bonds. The molecule has 0 bridgehead atoms. The van der Waals surface area contributed by atoms with E-state index in [0.717, 1.165) is 47.3 Å². The van der Waals surface area contributed by atoms with Gasteiger partial charge in [0, 0.05) is 12.7 Å². The Hall–Kier alpha value is -3.38. The first-order valence-corrected chi connectivity index (χ1v) is 12.8. The van der Waals surface area contributed by atoms with Crippen LogP contribution in [0.4, 0.5) is 4.39 Å². The summed E-state index contributed by atoms with van der Waals surface area (Å²) in [6.07, 6.45) is 2.56. The second-order valence-corrected chi connectivity index (χ2v) is 10.0. The number of halogens is 1. The van der Waals surface area contributed by atoms with Crippen molar-refractivity contribution in [2.24, 2.45) is 11.8 Å². The van der Waals surface area contributed by atoms with Crippen molar-refractivity contribution in [1.29, 1.82) is 0 Å². The lowest BCUT2D eigenvalue weighted by Gasteiger charge is -2.34. The first-order chi connectivity index (χ1) is 17.9. The second kappa shape index (κ2) is 10.5. The van der Waals surface area contributed by atoms with Gasteiger partial charge in [-0.3, -0.25) is 4.79 Å². The van der Waals surface area contributed by atoms with E-state index < -0.39 is 6.29 Å². The summed E-state index contributed by atoms with van der Waals surface area (Å²) in [5.41, 5.74) is 4.58. The molecule has 1 fully saturated rings. The van der Waals surface area contributed by atoms with Gasteiger partial charge in [-0.2, -0.15) is 0 Å². The molecule has 1 aliphatic heterocycles. The third-order valence-electron chi connectivity index (χ3n) is 7.78. The highest BCUT2D eigenvalue weighted by Gasteiger charge is 2.40. The van der Waals surface area contributed by atoms with E-state index in [0.29, 0.717) is 17.2 Å². The van der Waals surface area contributed by atoms with E-state index in [4.69, 9.17) is 18.9 Å². The molecule has 1 aliphatic carbocycles. The SMILES string of the molecule is COC(=O)[C@@H](C)C(c1ccc2c(c1)CC(c1ccc(-c3cc(OC)ccc3F)cc1)C(OC)O2)C1CC1. The van der Waals surface area contributed by atoms with Crippen LogP contribution in [0.2, 0.25) is 0 Å². The van der Waals surface area contributed by atoms with E-state index in [1.54, 1.807) is 26.4 Å². The van der Waals surface area contributed by atoms with Crippen LogP contribution in [0.25, 0.3) is 11.1 Å². The minimum absolute atomic E-state index is 0.0330. The molecule has 0 radical (unpaired) electrons. The highest BCUT2D eigenvalue weighted by atomic mass is 19.1. The van der Waals surface area contributed by atoms with Crippen molar-refractivity contribution >= 4 is 5.97 Å². The van der Waals surface area contributed by atoms with Crippen molar-refractivity contribution in [3.8, 4) is 22.6 Å². The summed E-state index contributed by atoms with van der Waals surface area (Å²) in [5, 5.41) is 0. The summed E-state index contributed by atoms with van der Waals surface area (Å²) in [7, 11) is 4.67. The Morgan fingerprint density at radius 1 is 1.00 bits per heavy atom. The zero-order valence-electron chi connectivity index (χ0n) is 21.7. The molecule has 1 saturated carbocycles. The Morgan fingerprint density at radius 2 is 1.76 bits per heavy atom. The summed E-state index contributed by atoms with van der Waals surface area (Å²) in [5.74, 6) is 1.35. The van der Waals surface area contributed by atoms with E-state index >= 15 is 0 Å². The number of ether oxygens (including phenoxy) is 4. The first-order valence-electron chi connectivity index (χ1n) is 12.8. The Balaban J connectivity index is 1.42.